The third kappa shape index (κ3) is 2.27. The minimum Gasteiger partial charge on any atom is -0.508 e. The number of esters is 1. The van der Waals surface area contributed by atoms with E-state index in [4.69, 9.17) is 9.47 Å². The summed E-state index contributed by atoms with van der Waals surface area (Å²) in [4.78, 5) is 19.5. The third-order valence-corrected chi connectivity index (χ3v) is 3.48. The molecule has 0 aliphatic carbocycles. The summed E-state index contributed by atoms with van der Waals surface area (Å²) < 4.78 is 10.3. The van der Waals surface area contributed by atoms with Gasteiger partial charge in [0.25, 0.3) is 0 Å². The molecule has 6 heteroatoms. The maximum atomic E-state index is 12.1. The standard InChI is InChI=1S/C16H16N2O4/c1-3-22-16(20)15-11(8-21-2)14-10-6-9(19)4-5-12(10)18-13(14)7-17-15/h4-7,18-19H,3,8H2,1-2H3. The molecule has 114 valence electrons. The van der Waals surface area contributed by atoms with Gasteiger partial charge < -0.3 is 19.6 Å². The van der Waals surface area contributed by atoms with Gasteiger partial charge in [-0.3, -0.25) is 0 Å². The molecule has 3 rings (SSSR count). The number of ether oxygens (including phenoxy) is 2. The quantitative estimate of drug-likeness (QED) is 0.724. The Hall–Kier alpha value is -2.60. The van der Waals surface area contributed by atoms with E-state index >= 15 is 0 Å². The van der Waals surface area contributed by atoms with Gasteiger partial charge >= 0.3 is 5.97 Å². The zero-order valence-electron chi connectivity index (χ0n) is 12.3. The maximum absolute atomic E-state index is 12.1. The second-order valence-electron chi connectivity index (χ2n) is 4.88. The monoisotopic (exact) mass is 300 g/mol. The van der Waals surface area contributed by atoms with E-state index in [1.54, 1.807) is 38.4 Å². The van der Waals surface area contributed by atoms with Crippen molar-refractivity contribution in [2.45, 2.75) is 13.5 Å². The number of benzene rings is 1. The molecule has 2 aromatic heterocycles. The largest absolute Gasteiger partial charge is 0.508 e. The van der Waals surface area contributed by atoms with Gasteiger partial charge in [0.15, 0.2) is 5.69 Å². The summed E-state index contributed by atoms with van der Waals surface area (Å²) in [5.74, 6) is -0.322. The molecular formula is C16H16N2O4. The van der Waals surface area contributed by atoms with Crippen LogP contribution in [0.4, 0.5) is 0 Å². The number of carbonyl (C=O) groups excluding carboxylic acids is 1. The van der Waals surface area contributed by atoms with Crippen LogP contribution in [0.15, 0.2) is 24.4 Å². The molecule has 0 radical (unpaired) electrons. The first kappa shape index (κ1) is 14.3. The van der Waals surface area contributed by atoms with E-state index in [1.807, 2.05) is 0 Å². The van der Waals surface area contributed by atoms with Crippen LogP contribution in [0.2, 0.25) is 0 Å². The van der Waals surface area contributed by atoms with Crippen LogP contribution in [0.3, 0.4) is 0 Å². The number of H-pyrrole nitrogens is 1. The normalized spacial score (nSPS) is 11.2. The molecule has 1 aromatic carbocycles. The smallest absolute Gasteiger partial charge is 0.357 e. The van der Waals surface area contributed by atoms with Crippen LogP contribution in [0.25, 0.3) is 21.8 Å². The predicted octanol–water partition coefficient (Wildman–Crippen LogP) is 2.74. The van der Waals surface area contributed by atoms with Crippen LogP contribution in [0, 0.1) is 0 Å². The highest BCUT2D eigenvalue weighted by Crippen LogP contribution is 2.32. The van der Waals surface area contributed by atoms with Crippen LogP contribution in [-0.4, -0.2) is 34.8 Å². The molecule has 0 amide bonds. The molecule has 0 aliphatic rings. The fourth-order valence-electron chi connectivity index (χ4n) is 2.61. The number of hydrogen-bond acceptors (Lipinski definition) is 5. The first-order chi connectivity index (χ1) is 10.7. The first-order valence-corrected chi connectivity index (χ1v) is 6.94. The number of phenols is 1. The summed E-state index contributed by atoms with van der Waals surface area (Å²) in [6, 6.07) is 5.04. The van der Waals surface area contributed by atoms with Crippen LogP contribution >= 0.6 is 0 Å². The minimum atomic E-state index is -0.481. The van der Waals surface area contributed by atoms with Crippen molar-refractivity contribution >= 4 is 27.8 Å². The molecule has 0 aliphatic heterocycles. The van der Waals surface area contributed by atoms with Gasteiger partial charge in [-0.1, -0.05) is 0 Å². The van der Waals surface area contributed by atoms with E-state index in [0.717, 1.165) is 21.8 Å². The van der Waals surface area contributed by atoms with Gasteiger partial charge in [0, 0.05) is 29.0 Å². The topological polar surface area (TPSA) is 84.4 Å². The first-order valence-electron chi connectivity index (χ1n) is 6.94. The second kappa shape index (κ2) is 5.65. The number of phenolic OH excluding ortho intramolecular Hbond substituents is 1. The zero-order valence-corrected chi connectivity index (χ0v) is 12.3. The molecule has 22 heavy (non-hydrogen) atoms. The van der Waals surface area contributed by atoms with Crippen molar-refractivity contribution in [3.63, 3.8) is 0 Å². The molecule has 0 unspecified atom stereocenters. The number of aromatic amines is 1. The van der Waals surface area contributed by atoms with Crippen LogP contribution in [-0.2, 0) is 16.1 Å². The molecule has 0 fully saturated rings. The molecule has 2 heterocycles. The lowest BCUT2D eigenvalue weighted by Gasteiger charge is -2.09. The number of methoxy groups -OCH3 is 1. The lowest BCUT2D eigenvalue weighted by atomic mass is 10.1. The predicted molar refractivity (Wildman–Crippen MR) is 81.9 cm³/mol. The van der Waals surface area contributed by atoms with E-state index < -0.39 is 5.97 Å². The Morgan fingerprint density at radius 3 is 2.91 bits per heavy atom. The van der Waals surface area contributed by atoms with Crippen LogP contribution < -0.4 is 0 Å². The molecule has 0 atom stereocenters. The molecule has 3 aromatic rings. The molecular weight excluding hydrogens is 284 g/mol. The Morgan fingerprint density at radius 2 is 2.18 bits per heavy atom. The van der Waals surface area contributed by atoms with Crippen molar-refractivity contribution in [1.82, 2.24) is 9.97 Å². The Labute approximate surface area is 126 Å². The van der Waals surface area contributed by atoms with E-state index in [9.17, 15) is 9.90 Å². The van der Waals surface area contributed by atoms with Crippen molar-refractivity contribution in [1.29, 1.82) is 0 Å². The lowest BCUT2D eigenvalue weighted by Crippen LogP contribution is -2.11. The minimum absolute atomic E-state index is 0.159. The number of rotatable bonds is 4. The maximum Gasteiger partial charge on any atom is 0.357 e. The molecule has 2 N–H and O–H groups in total. The summed E-state index contributed by atoms with van der Waals surface area (Å²) >= 11 is 0. The summed E-state index contributed by atoms with van der Waals surface area (Å²) in [6.45, 7) is 2.25. The SMILES string of the molecule is CCOC(=O)c1ncc2[nH]c3ccc(O)cc3c2c1COC. The highest BCUT2D eigenvalue weighted by Gasteiger charge is 2.20. The van der Waals surface area contributed by atoms with Crippen LogP contribution in [0.1, 0.15) is 23.0 Å². The number of aromatic nitrogens is 2. The Morgan fingerprint density at radius 1 is 1.36 bits per heavy atom. The van der Waals surface area contributed by atoms with E-state index in [-0.39, 0.29) is 24.7 Å². The van der Waals surface area contributed by atoms with Gasteiger partial charge in [0.05, 0.1) is 24.9 Å². The Balaban J connectivity index is 2.34. The zero-order chi connectivity index (χ0) is 15.7. The second-order valence-corrected chi connectivity index (χ2v) is 4.88. The summed E-state index contributed by atoms with van der Waals surface area (Å²) in [7, 11) is 1.56. The number of aromatic hydroxyl groups is 1. The average molecular weight is 300 g/mol. The Bertz CT molecular complexity index is 854. The number of nitrogens with one attached hydrogen (secondary N) is 1. The number of carbonyl (C=O) groups is 1. The van der Waals surface area contributed by atoms with Crippen molar-refractivity contribution < 1.29 is 19.4 Å². The van der Waals surface area contributed by atoms with E-state index in [2.05, 4.69) is 9.97 Å². The average Bonchev–Trinajstić information content (AvgIpc) is 2.86. The molecule has 0 saturated heterocycles. The molecule has 0 bridgehead atoms. The number of fused-ring (bicyclic) bond motifs is 3. The van der Waals surface area contributed by atoms with E-state index in [1.165, 1.54) is 0 Å². The van der Waals surface area contributed by atoms with Gasteiger partial charge in [-0.2, -0.15) is 0 Å². The van der Waals surface area contributed by atoms with Gasteiger partial charge in [-0.15, -0.1) is 0 Å². The van der Waals surface area contributed by atoms with Gasteiger partial charge in [0.2, 0.25) is 0 Å². The van der Waals surface area contributed by atoms with Crippen molar-refractivity contribution in [2.24, 2.45) is 0 Å². The third-order valence-electron chi connectivity index (χ3n) is 3.48. The molecule has 0 saturated carbocycles. The summed E-state index contributed by atoms with van der Waals surface area (Å²) in [6.07, 6.45) is 1.60. The fraction of sp³-hybridized carbons (Fsp3) is 0.250. The van der Waals surface area contributed by atoms with Crippen LogP contribution in [0.5, 0.6) is 5.75 Å². The summed E-state index contributed by atoms with van der Waals surface area (Å²) in [5, 5.41) is 11.4. The van der Waals surface area contributed by atoms with Crippen molar-refractivity contribution in [3.8, 4) is 5.75 Å². The van der Waals surface area contributed by atoms with Crippen molar-refractivity contribution in [2.75, 3.05) is 13.7 Å². The number of nitrogens with zero attached hydrogens (tertiary/aromatic N) is 1. The highest BCUT2D eigenvalue weighted by atomic mass is 16.5. The van der Waals surface area contributed by atoms with E-state index in [0.29, 0.717) is 5.56 Å². The van der Waals surface area contributed by atoms with Gasteiger partial charge in [-0.05, 0) is 25.1 Å². The molecule has 0 spiro atoms. The summed E-state index contributed by atoms with van der Waals surface area (Å²) in [5.41, 5.74) is 2.52. The number of hydrogen-bond donors (Lipinski definition) is 2. The Kier molecular flexibility index (Phi) is 3.68. The fourth-order valence-corrected chi connectivity index (χ4v) is 2.61. The van der Waals surface area contributed by atoms with Crippen molar-refractivity contribution in [3.05, 3.63) is 35.7 Å². The number of pyridine rings is 1. The lowest BCUT2D eigenvalue weighted by molar-refractivity contribution is 0.0514. The molecule has 6 nitrogen and oxygen atoms in total. The van der Waals surface area contributed by atoms with Gasteiger partial charge in [-0.25, -0.2) is 9.78 Å². The van der Waals surface area contributed by atoms with Gasteiger partial charge in [0.1, 0.15) is 5.75 Å². The highest BCUT2D eigenvalue weighted by molar-refractivity contribution is 6.11.